The minimum Gasteiger partial charge on any atom is -0.303 e. The molecule has 0 aromatic heterocycles. The van der Waals surface area contributed by atoms with Crippen LogP contribution in [0.3, 0.4) is 0 Å². The van der Waals surface area contributed by atoms with Crippen LogP contribution in [-0.4, -0.2) is 30.7 Å². The lowest BCUT2D eigenvalue weighted by molar-refractivity contribution is -0.198. The molecule has 88 valence electrons. The van der Waals surface area contributed by atoms with Gasteiger partial charge in [0.2, 0.25) is 0 Å². The third kappa shape index (κ3) is 2.86. The topological polar surface area (TPSA) is 3.24 Å². The van der Waals surface area contributed by atoms with Crippen LogP contribution in [0.2, 0.25) is 0 Å². The van der Waals surface area contributed by atoms with Gasteiger partial charge in [0.05, 0.1) is 5.92 Å². The molecule has 0 amide bonds. The molecule has 15 heavy (non-hydrogen) atoms. The quantitative estimate of drug-likeness (QED) is 0.693. The molecule has 0 radical (unpaired) electrons. The first-order valence-electron chi connectivity index (χ1n) is 5.76. The van der Waals surface area contributed by atoms with Gasteiger partial charge in [-0.3, -0.25) is 0 Å². The van der Waals surface area contributed by atoms with Crippen LogP contribution in [-0.2, 0) is 0 Å². The van der Waals surface area contributed by atoms with E-state index in [4.69, 9.17) is 0 Å². The molecule has 0 aromatic rings. The van der Waals surface area contributed by atoms with Crippen LogP contribution in [0.15, 0.2) is 0 Å². The number of alkyl halides is 3. The van der Waals surface area contributed by atoms with Gasteiger partial charge < -0.3 is 4.90 Å². The smallest absolute Gasteiger partial charge is 0.303 e. The van der Waals surface area contributed by atoms with Crippen LogP contribution in [0.4, 0.5) is 13.2 Å². The lowest BCUT2D eigenvalue weighted by Crippen LogP contribution is -2.45. The van der Waals surface area contributed by atoms with E-state index in [2.05, 4.69) is 4.90 Å². The zero-order chi connectivity index (χ0) is 11.1. The van der Waals surface area contributed by atoms with E-state index in [0.717, 1.165) is 12.5 Å². The second-order valence-corrected chi connectivity index (χ2v) is 5.12. The first-order valence-corrected chi connectivity index (χ1v) is 5.76. The molecule has 2 rings (SSSR count). The number of nitrogens with zero attached hydrogens (tertiary/aromatic N) is 1. The summed E-state index contributed by atoms with van der Waals surface area (Å²) in [6.07, 6.45) is -1.16. The van der Waals surface area contributed by atoms with Gasteiger partial charge in [-0.15, -0.1) is 0 Å². The van der Waals surface area contributed by atoms with Gasteiger partial charge >= 0.3 is 6.18 Å². The Labute approximate surface area is 88.6 Å². The van der Waals surface area contributed by atoms with Crippen molar-refractivity contribution in [2.45, 2.75) is 32.4 Å². The van der Waals surface area contributed by atoms with Crippen molar-refractivity contribution in [3.63, 3.8) is 0 Å². The van der Waals surface area contributed by atoms with Gasteiger partial charge in [-0.05, 0) is 37.6 Å². The number of hydrogen-bond acceptors (Lipinski definition) is 1. The molecule has 1 saturated heterocycles. The lowest BCUT2D eigenvalue weighted by atomic mass is 9.86. The first kappa shape index (κ1) is 11.2. The molecule has 1 unspecified atom stereocenters. The number of rotatable bonds is 2. The highest BCUT2D eigenvalue weighted by Crippen LogP contribution is 2.39. The molecule has 2 aliphatic rings. The number of hydrogen-bond donors (Lipinski definition) is 0. The van der Waals surface area contributed by atoms with Crippen LogP contribution in [0.25, 0.3) is 0 Å². The molecule has 0 bridgehead atoms. The Hall–Kier alpha value is -0.250. The summed E-state index contributed by atoms with van der Waals surface area (Å²) in [5.41, 5.74) is 0. The van der Waals surface area contributed by atoms with Crippen molar-refractivity contribution in [3.05, 3.63) is 0 Å². The van der Waals surface area contributed by atoms with E-state index >= 15 is 0 Å². The summed E-state index contributed by atoms with van der Waals surface area (Å²) < 4.78 is 37.7. The number of halogens is 3. The normalized spacial score (nSPS) is 34.4. The fraction of sp³-hybridized carbons (Fsp3) is 1.00. The van der Waals surface area contributed by atoms with Crippen molar-refractivity contribution >= 4 is 0 Å². The second kappa shape index (κ2) is 3.96. The van der Waals surface area contributed by atoms with Crippen molar-refractivity contribution in [2.24, 2.45) is 17.8 Å². The molecule has 2 atom stereocenters. The van der Waals surface area contributed by atoms with Gasteiger partial charge in [0.15, 0.2) is 0 Å². The molecule has 0 aromatic carbocycles. The minimum absolute atomic E-state index is 0.238. The SMILES string of the molecule is CC1CN(CC2CC2)CC[C@@H]1C(F)(F)F. The predicted octanol–water partition coefficient (Wildman–Crippen LogP) is 2.92. The summed E-state index contributed by atoms with van der Waals surface area (Å²) in [5.74, 6) is -0.537. The summed E-state index contributed by atoms with van der Waals surface area (Å²) in [4.78, 5) is 2.21. The van der Waals surface area contributed by atoms with Crippen LogP contribution < -0.4 is 0 Å². The van der Waals surface area contributed by atoms with E-state index in [1.165, 1.54) is 12.8 Å². The van der Waals surface area contributed by atoms with E-state index in [-0.39, 0.29) is 12.3 Å². The van der Waals surface area contributed by atoms with Gasteiger partial charge in [0.1, 0.15) is 0 Å². The molecule has 4 heteroatoms. The summed E-state index contributed by atoms with van der Waals surface area (Å²) in [7, 11) is 0. The van der Waals surface area contributed by atoms with Crippen LogP contribution in [0, 0.1) is 17.8 Å². The molecule has 1 saturated carbocycles. The Morgan fingerprint density at radius 2 is 1.87 bits per heavy atom. The lowest BCUT2D eigenvalue weighted by Gasteiger charge is -2.37. The standard InChI is InChI=1S/C11H18F3N/c1-8-6-15(7-9-2-3-9)5-4-10(8)11(12,13)14/h8-10H,2-7H2,1H3/t8?,10-/m0/s1. The van der Waals surface area contributed by atoms with Gasteiger partial charge in [-0.25, -0.2) is 0 Å². The molecule has 1 heterocycles. The largest absolute Gasteiger partial charge is 0.392 e. The molecule has 1 aliphatic heterocycles. The minimum atomic E-state index is -3.99. The summed E-state index contributed by atoms with van der Waals surface area (Å²) >= 11 is 0. The predicted molar refractivity (Wildman–Crippen MR) is 52.5 cm³/mol. The van der Waals surface area contributed by atoms with Crippen LogP contribution in [0.1, 0.15) is 26.2 Å². The first-order chi connectivity index (χ1) is 6.97. The highest BCUT2D eigenvalue weighted by atomic mass is 19.4. The van der Waals surface area contributed by atoms with Crippen molar-refractivity contribution < 1.29 is 13.2 Å². The second-order valence-electron chi connectivity index (χ2n) is 5.12. The average Bonchev–Trinajstić information content (AvgIpc) is 2.85. The van der Waals surface area contributed by atoms with Crippen LogP contribution >= 0.6 is 0 Å². The summed E-state index contributed by atoms with van der Waals surface area (Å²) in [6.45, 7) is 4.01. The monoisotopic (exact) mass is 221 g/mol. The van der Waals surface area contributed by atoms with E-state index < -0.39 is 12.1 Å². The Morgan fingerprint density at radius 1 is 1.20 bits per heavy atom. The van der Waals surface area contributed by atoms with E-state index in [1.54, 1.807) is 6.92 Å². The Morgan fingerprint density at radius 3 is 2.33 bits per heavy atom. The van der Waals surface area contributed by atoms with E-state index in [9.17, 15) is 13.2 Å². The van der Waals surface area contributed by atoms with Crippen molar-refractivity contribution in [1.29, 1.82) is 0 Å². The third-order valence-electron chi connectivity index (χ3n) is 3.62. The maximum absolute atomic E-state index is 12.6. The van der Waals surface area contributed by atoms with E-state index in [1.807, 2.05) is 0 Å². The highest BCUT2D eigenvalue weighted by Gasteiger charge is 2.45. The average molecular weight is 221 g/mol. The van der Waals surface area contributed by atoms with Crippen molar-refractivity contribution in [2.75, 3.05) is 19.6 Å². The number of likely N-dealkylation sites (tertiary alicyclic amines) is 1. The molecule has 0 spiro atoms. The van der Waals surface area contributed by atoms with E-state index in [0.29, 0.717) is 13.1 Å². The molecule has 1 aliphatic carbocycles. The van der Waals surface area contributed by atoms with Crippen molar-refractivity contribution in [3.8, 4) is 0 Å². The molecular weight excluding hydrogens is 203 g/mol. The maximum Gasteiger partial charge on any atom is 0.392 e. The number of piperidine rings is 1. The zero-order valence-electron chi connectivity index (χ0n) is 9.06. The van der Waals surface area contributed by atoms with Gasteiger partial charge in [-0.1, -0.05) is 6.92 Å². The van der Waals surface area contributed by atoms with Gasteiger partial charge in [0, 0.05) is 13.1 Å². The van der Waals surface area contributed by atoms with Crippen LogP contribution in [0.5, 0.6) is 0 Å². The molecular formula is C11H18F3N. The fourth-order valence-electron chi connectivity index (χ4n) is 2.55. The Balaban J connectivity index is 1.84. The van der Waals surface area contributed by atoms with Crippen molar-refractivity contribution in [1.82, 2.24) is 4.90 Å². The zero-order valence-corrected chi connectivity index (χ0v) is 9.06. The Kier molecular flexibility index (Phi) is 2.97. The summed E-state index contributed by atoms with van der Waals surface area (Å²) in [6, 6.07) is 0. The molecule has 1 nitrogen and oxygen atoms in total. The fourth-order valence-corrected chi connectivity index (χ4v) is 2.55. The third-order valence-corrected chi connectivity index (χ3v) is 3.62. The maximum atomic E-state index is 12.6. The Bertz CT molecular complexity index is 222. The van der Waals surface area contributed by atoms with Gasteiger partial charge in [0.25, 0.3) is 0 Å². The highest BCUT2D eigenvalue weighted by molar-refractivity contribution is 4.85. The van der Waals surface area contributed by atoms with Gasteiger partial charge in [-0.2, -0.15) is 13.2 Å². The summed E-state index contributed by atoms with van der Waals surface area (Å²) in [5, 5.41) is 0. The molecule has 2 fully saturated rings. The molecule has 0 N–H and O–H groups in total.